The molecule has 3 unspecified atom stereocenters. The summed E-state index contributed by atoms with van der Waals surface area (Å²) in [5, 5.41) is -0.335. The monoisotopic (exact) mass is 466 g/mol. The minimum atomic E-state index is -1.39. The number of nitrogens with zero attached hydrogens (tertiary/aromatic N) is 1. The zero-order valence-electron chi connectivity index (χ0n) is 18.1. The molecule has 3 atom stereocenters. The lowest BCUT2D eigenvalue weighted by molar-refractivity contribution is -0.118. The molecule has 2 aliphatic heterocycles. The first-order valence-corrected chi connectivity index (χ1v) is 11.6. The second-order valence-electron chi connectivity index (χ2n) is 7.72. The molecule has 0 saturated carbocycles. The van der Waals surface area contributed by atoms with Crippen LogP contribution in [0.3, 0.4) is 0 Å². The Kier molecular flexibility index (Phi) is 5.63. The van der Waals surface area contributed by atoms with Crippen molar-refractivity contribution in [1.29, 1.82) is 0 Å². The Bertz CT molecular complexity index is 1230. The first-order chi connectivity index (χ1) is 16.0. The third kappa shape index (κ3) is 4.23. The van der Waals surface area contributed by atoms with E-state index in [1.165, 1.54) is 0 Å². The van der Waals surface area contributed by atoms with Crippen LogP contribution in [0.2, 0.25) is 0 Å². The number of pyridine rings is 1. The van der Waals surface area contributed by atoms with Gasteiger partial charge in [-0.2, -0.15) is 0 Å². The lowest BCUT2D eigenvalue weighted by atomic mass is 10.1. The van der Waals surface area contributed by atoms with Gasteiger partial charge < -0.3 is 18.9 Å². The predicted molar refractivity (Wildman–Crippen MR) is 121 cm³/mol. The number of aryl methyl sites for hydroxylation is 1. The summed E-state index contributed by atoms with van der Waals surface area (Å²) in [5.41, 5.74) is 2.43. The summed E-state index contributed by atoms with van der Waals surface area (Å²) in [4.78, 5) is 15.8. The number of amides is 1. The van der Waals surface area contributed by atoms with Gasteiger partial charge in [0.1, 0.15) is 29.1 Å². The van der Waals surface area contributed by atoms with Crippen LogP contribution in [-0.2, 0) is 15.8 Å². The Morgan fingerprint density at radius 3 is 2.61 bits per heavy atom. The maximum absolute atomic E-state index is 12.0. The topological polar surface area (TPSA) is 96.0 Å². The van der Waals surface area contributed by atoms with E-state index in [1.807, 2.05) is 55.5 Å². The molecular weight excluding hydrogens is 444 g/mol. The minimum absolute atomic E-state index is 0.197. The molecular formula is C24H22N2O6S. The van der Waals surface area contributed by atoms with Gasteiger partial charge in [0.25, 0.3) is 0 Å². The Hall–Kier alpha value is -3.59. The standard InChI is InChI=1S/C24H22N2O6S/c1-14-18(10-11-23(25-14)29-2)32-19-5-3-4-17-20(13-30-24(17)19)31-16-8-6-15(7-9-16)21-12-22(27)26-33(21)28/h3-11,20-21H,12-13H2,1-2H3,(H,26,27). The summed E-state index contributed by atoms with van der Waals surface area (Å²) in [5.74, 6) is 2.83. The third-order valence-corrected chi connectivity index (χ3v) is 6.93. The van der Waals surface area contributed by atoms with Gasteiger partial charge in [0.05, 0.1) is 18.1 Å². The van der Waals surface area contributed by atoms with Crippen LogP contribution < -0.4 is 23.7 Å². The largest absolute Gasteiger partial charge is 0.485 e. The normalized spacial score (nSPS) is 21.2. The molecule has 9 heteroatoms. The van der Waals surface area contributed by atoms with Crippen LogP contribution in [-0.4, -0.2) is 28.8 Å². The van der Waals surface area contributed by atoms with Crippen LogP contribution in [0.1, 0.15) is 34.6 Å². The first-order valence-electron chi connectivity index (χ1n) is 10.4. The van der Waals surface area contributed by atoms with Crippen LogP contribution in [0.25, 0.3) is 0 Å². The van der Waals surface area contributed by atoms with Crippen LogP contribution in [0.4, 0.5) is 0 Å². The zero-order valence-corrected chi connectivity index (χ0v) is 18.9. The van der Waals surface area contributed by atoms with Gasteiger partial charge in [-0.1, -0.05) is 24.3 Å². The van der Waals surface area contributed by atoms with E-state index in [9.17, 15) is 9.00 Å². The second kappa shape index (κ2) is 8.74. The molecule has 3 heterocycles. The van der Waals surface area contributed by atoms with Crippen molar-refractivity contribution in [1.82, 2.24) is 9.71 Å². The minimum Gasteiger partial charge on any atom is -0.485 e. The summed E-state index contributed by atoms with van der Waals surface area (Å²) in [6, 6.07) is 16.6. The SMILES string of the molecule is COc1ccc(Oc2cccc3c2OCC3Oc2ccc(C3CC(=O)NS3=O)cc2)c(C)n1. The quantitative estimate of drug-likeness (QED) is 0.588. The molecule has 33 heavy (non-hydrogen) atoms. The van der Waals surface area contributed by atoms with Gasteiger partial charge in [0, 0.05) is 18.1 Å². The number of carbonyl (C=O) groups is 1. The van der Waals surface area contributed by atoms with E-state index >= 15 is 0 Å². The fraction of sp³-hybridized carbons (Fsp3) is 0.250. The van der Waals surface area contributed by atoms with Crippen molar-refractivity contribution in [2.75, 3.05) is 13.7 Å². The molecule has 0 bridgehead atoms. The molecule has 2 aliphatic rings. The van der Waals surface area contributed by atoms with Gasteiger partial charge in [-0.05, 0) is 36.8 Å². The molecule has 1 fully saturated rings. The summed E-state index contributed by atoms with van der Waals surface area (Å²) in [6.45, 7) is 2.20. The van der Waals surface area contributed by atoms with E-state index in [0.29, 0.717) is 41.2 Å². The molecule has 3 aromatic rings. The second-order valence-corrected chi connectivity index (χ2v) is 9.08. The number of rotatable bonds is 6. The van der Waals surface area contributed by atoms with Crippen molar-refractivity contribution >= 4 is 16.9 Å². The molecule has 0 spiro atoms. The van der Waals surface area contributed by atoms with Crippen molar-refractivity contribution < 1.29 is 28.0 Å². The smallest absolute Gasteiger partial charge is 0.233 e. The van der Waals surface area contributed by atoms with Crippen molar-refractivity contribution in [3.8, 4) is 28.9 Å². The lowest BCUT2D eigenvalue weighted by Gasteiger charge is -2.14. The average molecular weight is 467 g/mol. The lowest BCUT2D eigenvalue weighted by Crippen LogP contribution is -2.15. The molecule has 1 amide bonds. The number of aromatic nitrogens is 1. The molecule has 0 radical (unpaired) electrons. The van der Waals surface area contributed by atoms with Crippen molar-refractivity contribution in [2.45, 2.75) is 24.7 Å². The molecule has 2 aromatic carbocycles. The number of benzene rings is 2. The Labute approximate surface area is 193 Å². The van der Waals surface area contributed by atoms with E-state index in [0.717, 1.165) is 11.1 Å². The number of nitrogens with one attached hydrogen (secondary N) is 1. The van der Waals surface area contributed by atoms with E-state index < -0.39 is 11.0 Å². The predicted octanol–water partition coefficient (Wildman–Crippen LogP) is 3.93. The van der Waals surface area contributed by atoms with Crippen LogP contribution in [0.5, 0.6) is 28.9 Å². The van der Waals surface area contributed by atoms with E-state index in [1.54, 1.807) is 13.2 Å². The first kappa shape index (κ1) is 21.3. The van der Waals surface area contributed by atoms with Crippen LogP contribution in [0, 0.1) is 6.92 Å². The van der Waals surface area contributed by atoms with Crippen LogP contribution >= 0.6 is 0 Å². The highest BCUT2D eigenvalue weighted by atomic mass is 32.2. The molecule has 170 valence electrons. The van der Waals surface area contributed by atoms with Gasteiger partial charge in [0.15, 0.2) is 17.6 Å². The summed E-state index contributed by atoms with van der Waals surface area (Å²) < 4.78 is 37.8. The molecule has 0 aliphatic carbocycles. The number of carbonyl (C=O) groups excluding carboxylic acids is 1. The van der Waals surface area contributed by atoms with Gasteiger partial charge in [0.2, 0.25) is 11.8 Å². The fourth-order valence-corrected chi connectivity index (χ4v) is 5.03. The summed E-state index contributed by atoms with van der Waals surface area (Å²) >= 11 is 0. The van der Waals surface area contributed by atoms with Gasteiger partial charge in [-0.25, -0.2) is 9.19 Å². The van der Waals surface area contributed by atoms with E-state index in [-0.39, 0.29) is 23.7 Å². The maximum atomic E-state index is 12.0. The number of fused-ring (bicyclic) bond motifs is 1. The fourth-order valence-electron chi connectivity index (χ4n) is 3.87. The van der Waals surface area contributed by atoms with Gasteiger partial charge in [-0.15, -0.1) is 0 Å². The number of hydrogen-bond donors (Lipinski definition) is 1. The van der Waals surface area contributed by atoms with Crippen molar-refractivity contribution in [3.05, 3.63) is 71.4 Å². The van der Waals surface area contributed by atoms with E-state index in [4.69, 9.17) is 18.9 Å². The molecule has 1 aromatic heterocycles. The number of hydrogen-bond acceptors (Lipinski definition) is 7. The average Bonchev–Trinajstić information content (AvgIpc) is 3.38. The number of ether oxygens (including phenoxy) is 4. The highest BCUT2D eigenvalue weighted by Crippen LogP contribution is 2.44. The molecule has 1 saturated heterocycles. The summed E-state index contributed by atoms with van der Waals surface area (Å²) in [6.07, 6.45) is -0.0730. The van der Waals surface area contributed by atoms with E-state index in [2.05, 4.69) is 9.71 Å². The summed E-state index contributed by atoms with van der Waals surface area (Å²) in [7, 11) is 0.180. The molecule has 1 N–H and O–H groups in total. The third-order valence-electron chi connectivity index (χ3n) is 5.55. The zero-order chi connectivity index (χ0) is 22.9. The maximum Gasteiger partial charge on any atom is 0.233 e. The van der Waals surface area contributed by atoms with Crippen molar-refractivity contribution in [3.63, 3.8) is 0 Å². The van der Waals surface area contributed by atoms with Crippen LogP contribution in [0.15, 0.2) is 54.6 Å². The Morgan fingerprint density at radius 2 is 1.91 bits per heavy atom. The van der Waals surface area contributed by atoms with Crippen molar-refractivity contribution in [2.24, 2.45) is 0 Å². The molecule has 5 rings (SSSR count). The molecule has 8 nitrogen and oxygen atoms in total. The Morgan fingerprint density at radius 1 is 1.09 bits per heavy atom. The number of para-hydroxylation sites is 1. The highest BCUT2D eigenvalue weighted by molar-refractivity contribution is 7.84. The van der Waals surface area contributed by atoms with Gasteiger partial charge in [-0.3, -0.25) is 9.52 Å². The Balaban J connectivity index is 1.31. The highest BCUT2D eigenvalue weighted by Gasteiger charge is 2.32. The van der Waals surface area contributed by atoms with Gasteiger partial charge >= 0.3 is 0 Å². The number of methoxy groups -OCH3 is 1.